The molecule has 0 unspecified atom stereocenters. The smallest absolute Gasteiger partial charge is 0.259 e. The van der Waals surface area contributed by atoms with Gasteiger partial charge in [-0.05, 0) is 49.6 Å². The molecule has 0 saturated heterocycles. The second-order valence-corrected chi connectivity index (χ2v) is 7.15. The fourth-order valence-corrected chi connectivity index (χ4v) is 3.70. The number of nitrogens with two attached hydrogens (primary N) is 1. The molecule has 144 valence electrons. The number of aromatic amines is 1. The zero-order valence-corrected chi connectivity index (χ0v) is 16.1. The Morgan fingerprint density at radius 3 is 2.75 bits per heavy atom. The summed E-state index contributed by atoms with van der Waals surface area (Å²) in [6.07, 6.45) is 7.42. The van der Waals surface area contributed by atoms with Gasteiger partial charge in [0, 0.05) is 11.7 Å². The van der Waals surface area contributed by atoms with Crippen molar-refractivity contribution in [3.63, 3.8) is 0 Å². The maximum absolute atomic E-state index is 12.7. The second kappa shape index (κ2) is 7.42. The van der Waals surface area contributed by atoms with Crippen molar-refractivity contribution in [3.05, 3.63) is 58.5 Å². The highest BCUT2D eigenvalue weighted by atomic mass is 16.1. The van der Waals surface area contributed by atoms with Gasteiger partial charge in [0.15, 0.2) is 11.5 Å². The fraction of sp³-hybridized carbons (Fsp3) is 0.333. The highest BCUT2D eigenvalue weighted by Crippen LogP contribution is 2.32. The van der Waals surface area contributed by atoms with Crippen LogP contribution in [-0.2, 0) is 6.42 Å². The van der Waals surface area contributed by atoms with E-state index in [2.05, 4.69) is 37.5 Å². The third-order valence-electron chi connectivity index (χ3n) is 5.42. The van der Waals surface area contributed by atoms with Gasteiger partial charge in [-0.2, -0.15) is 0 Å². The number of nitrogen functional groups attached to an aromatic ring is 1. The van der Waals surface area contributed by atoms with Crippen molar-refractivity contribution in [2.45, 2.75) is 45.6 Å². The molecule has 3 N–H and O–H groups in total. The van der Waals surface area contributed by atoms with Crippen molar-refractivity contribution < 1.29 is 0 Å². The van der Waals surface area contributed by atoms with Gasteiger partial charge in [0.25, 0.3) is 5.56 Å². The molecule has 3 aromatic heterocycles. The summed E-state index contributed by atoms with van der Waals surface area (Å²) >= 11 is 0. The van der Waals surface area contributed by atoms with E-state index in [1.165, 1.54) is 24.8 Å². The molecule has 3 heterocycles. The largest absolute Gasteiger partial charge is 0.382 e. The minimum Gasteiger partial charge on any atom is -0.382 e. The molecule has 0 spiro atoms. The van der Waals surface area contributed by atoms with Gasteiger partial charge in [-0.1, -0.05) is 25.1 Å². The molecule has 5 rings (SSSR count). The molecule has 1 fully saturated rings. The lowest BCUT2D eigenvalue weighted by Crippen LogP contribution is -2.31. The minimum absolute atomic E-state index is 0.215. The quantitative estimate of drug-likeness (QED) is 0.557. The van der Waals surface area contributed by atoms with Gasteiger partial charge in [-0.15, -0.1) is 0 Å². The summed E-state index contributed by atoms with van der Waals surface area (Å²) in [6, 6.07) is 8.75. The van der Waals surface area contributed by atoms with Gasteiger partial charge >= 0.3 is 0 Å². The van der Waals surface area contributed by atoms with Crippen LogP contribution in [0.2, 0.25) is 0 Å². The molecule has 28 heavy (non-hydrogen) atoms. The van der Waals surface area contributed by atoms with Gasteiger partial charge in [0.2, 0.25) is 0 Å². The Labute approximate surface area is 162 Å². The molecule has 1 aliphatic rings. The lowest BCUT2D eigenvalue weighted by molar-refractivity contribution is 0.301. The molecule has 7 heteroatoms. The number of fused-ring (bicyclic) bond motifs is 2. The van der Waals surface area contributed by atoms with Crippen molar-refractivity contribution in [3.8, 4) is 0 Å². The third kappa shape index (κ3) is 3.13. The first-order valence-electron chi connectivity index (χ1n) is 9.63. The third-order valence-corrected chi connectivity index (χ3v) is 5.42. The zero-order valence-electron chi connectivity index (χ0n) is 16.1. The van der Waals surface area contributed by atoms with E-state index in [1.54, 1.807) is 0 Å². The summed E-state index contributed by atoms with van der Waals surface area (Å²) in [5.74, 6) is 0.433. The molecule has 4 aromatic rings. The van der Waals surface area contributed by atoms with Gasteiger partial charge in [0.1, 0.15) is 11.8 Å². The molecule has 0 aliphatic heterocycles. The van der Waals surface area contributed by atoms with Crippen LogP contribution >= 0.6 is 0 Å². The summed E-state index contributed by atoms with van der Waals surface area (Å²) in [7, 11) is 0. The first-order valence-corrected chi connectivity index (χ1v) is 9.63. The number of benzene rings is 1. The summed E-state index contributed by atoms with van der Waals surface area (Å²) in [5.41, 5.74) is 9.27. The number of rotatable bonds is 2. The molecular formula is C21H24N6O. The van der Waals surface area contributed by atoms with Gasteiger partial charge in [-0.3, -0.25) is 4.79 Å². The lowest BCUT2D eigenvalue weighted by atomic mass is 9.91. The van der Waals surface area contributed by atoms with E-state index >= 15 is 0 Å². The molecule has 1 aromatic carbocycles. The van der Waals surface area contributed by atoms with E-state index < -0.39 is 0 Å². The molecular weight excluding hydrogens is 352 g/mol. The minimum atomic E-state index is 0.215. The number of pyridine rings is 1. The number of nitrogens with one attached hydrogen (secondary N) is 1. The fourth-order valence-electron chi connectivity index (χ4n) is 3.70. The molecule has 0 radical (unpaired) electrons. The van der Waals surface area contributed by atoms with E-state index in [9.17, 15) is 4.79 Å². The average Bonchev–Trinajstić information content (AvgIpc) is 3.13. The SMILES string of the molecule is CCc1cc2cccc(C)c2c(=O)n1C1CCC1.Nc1ncnc2nc[nH]c12. The van der Waals surface area contributed by atoms with E-state index in [-0.39, 0.29) is 5.56 Å². The van der Waals surface area contributed by atoms with E-state index in [0.717, 1.165) is 35.6 Å². The van der Waals surface area contributed by atoms with Crippen LogP contribution in [0.15, 0.2) is 41.7 Å². The van der Waals surface area contributed by atoms with Crippen LogP contribution in [0.5, 0.6) is 0 Å². The molecule has 1 aliphatic carbocycles. The van der Waals surface area contributed by atoms with E-state index in [0.29, 0.717) is 23.0 Å². The van der Waals surface area contributed by atoms with Crippen LogP contribution < -0.4 is 11.3 Å². The van der Waals surface area contributed by atoms with Gasteiger partial charge in [0.05, 0.1) is 11.7 Å². The number of hydrogen-bond acceptors (Lipinski definition) is 5. The predicted octanol–water partition coefficient (Wildman–Crippen LogP) is 3.53. The monoisotopic (exact) mass is 376 g/mol. The van der Waals surface area contributed by atoms with Crippen molar-refractivity contribution in [2.24, 2.45) is 0 Å². The average molecular weight is 376 g/mol. The first-order chi connectivity index (χ1) is 13.6. The Balaban J connectivity index is 0.000000162. The normalized spacial score (nSPS) is 13.9. The number of nitrogens with zero attached hydrogens (tertiary/aromatic N) is 4. The van der Waals surface area contributed by atoms with Crippen LogP contribution in [0.4, 0.5) is 5.82 Å². The van der Waals surface area contributed by atoms with Crippen molar-refractivity contribution in [2.75, 3.05) is 5.73 Å². The van der Waals surface area contributed by atoms with Gasteiger partial charge < -0.3 is 15.3 Å². The summed E-state index contributed by atoms with van der Waals surface area (Å²) < 4.78 is 2.05. The molecule has 0 atom stereocenters. The van der Waals surface area contributed by atoms with Crippen molar-refractivity contribution in [1.29, 1.82) is 0 Å². The first kappa shape index (κ1) is 18.2. The highest BCUT2D eigenvalue weighted by molar-refractivity contribution is 5.85. The number of H-pyrrole nitrogens is 1. The van der Waals surface area contributed by atoms with Crippen LogP contribution in [0.3, 0.4) is 0 Å². The maximum Gasteiger partial charge on any atom is 0.259 e. The summed E-state index contributed by atoms with van der Waals surface area (Å²) in [4.78, 5) is 27.1. The van der Waals surface area contributed by atoms with Crippen LogP contribution in [0.25, 0.3) is 21.9 Å². The number of anilines is 1. The number of hydrogen-bond donors (Lipinski definition) is 2. The zero-order chi connectivity index (χ0) is 19.7. The summed E-state index contributed by atoms with van der Waals surface area (Å²) in [5, 5.41) is 1.99. The lowest BCUT2D eigenvalue weighted by Gasteiger charge is -2.30. The Hall–Kier alpha value is -3.22. The van der Waals surface area contributed by atoms with E-state index in [4.69, 9.17) is 5.73 Å². The molecule has 0 amide bonds. The Morgan fingerprint density at radius 2 is 2.07 bits per heavy atom. The van der Waals surface area contributed by atoms with Crippen LogP contribution in [0.1, 0.15) is 43.5 Å². The number of aryl methyl sites for hydroxylation is 2. The van der Waals surface area contributed by atoms with Crippen LogP contribution in [-0.4, -0.2) is 24.5 Å². The summed E-state index contributed by atoms with van der Waals surface area (Å²) in [6.45, 7) is 4.16. The molecule has 1 saturated carbocycles. The van der Waals surface area contributed by atoms with Gasteiger partial charge in [-0.25, -0.2) is 15.0 Å². The molecule has 0 bridgehead atoms. The highest BCUT2D eigenvalue weighted by Gasteiger charge is 2.23. The standard InChI is InChI=1S/C16H19NO.C5H5N5/c1-3-13-10-12-7-4-6-11(2)15(12)16(18)17(13)14-8-5-9-14;6-4-3-5(9-1-7-3)10-2-8-4/h4,6-7,10,14H,3,5,8-9H2,1-2H3;1-2H,(H3,6,7,8,9,10). The van der Waals surface area contributed by atoms with Crippen molar-refractivity contribution >= 4 is 27.8 Å². The predicted molar refractivity (Wildman–Crippen MR) is 111 cm³/mol. The Morgan fingerprint density at radius 1 is 1.25 bits per heavy atom. The second-order valence-electron chi connectivity index (χ2n) is 7.15. The molecule has 7 nitrogen and oxygen atoms in total. The van der Waals surface area contributed by atoms with Crippen molar-refractivity contribution in [1.82, 2.24) is 24.5 Å². The Kier molecular flexibility index (Phi) is 4.81. The number of aromatic nitrogens is 5. The number of imidazole rings is 1. The maximum atomic E-state index is 12.7. The van der Waals surface area contributed by atoms with E-state index in [1.807, 2.05) is 25.1 Å². The Bertz CT molecular complexity index is 1190. The van der Waals surface area contributed by atoms with Crippen LogP contribution in [0, 0.1) is 6.92 Å². The topological polar surface area (TPSA) is 102 Å².